The Morgan fingerprint density at radius 3 is 2.56 bits per heavy atom. The fourth-order valence-electron chi connectivity index (χ4n) is 3.91. The third-order valence-electron chi connectivity index (χ3n) is 5.49. The Morgan fingerprint density at radius 2 is 1.81 bits per heavy atom. The number of aryl methyl sites for hydroxylation is 1. The summed E-state index contributed by atoms with van der Waals surface area (Å²) in [7, 11) is 0. The first-order valence-corrected chi connectivity index (χ1v) is 11.5. The van der Waals surface area contributed by atoms with E-state index in [1.165, 1.54) is 16.7 Å². The number of carbonyl (C=O) groups is 1. The van der Waals surface area contributed by atoms with Gasteiger partial charge in [0.1, 0.15) is 5.82 Å². The highest BCUT2D eigenvalue weighted by molar-refractivity contribution is 7.99. The Balaban J connectivity index is 1.74. The Hall–Kier alpha value is -3.19. The standard InChI is InChI=1S/C25H24FN3O2S/c1-4-13-28-16(2)14-19(17(28)3)23(30)15-32-25-27-21-11-7-5-9-18(21)24(31)29(25)22-12-8-6-10-20(22)26/h5-12,14H,4,13,15H2,1-3H3. The van der Waals surface area contributed by atoms with Crippen LogP contribution >= 0.6 is 11.8 Å². The molecule has 0 aliphatic carbocycles. The van der Waals surface area contributed by atoms with Crippen molar-refractivity contribution >= 4 is 28.4 Å². The monoisotopic (exact) mass is 449 g/mol. The summed E-state index contributed by atoms with van der Waals surface area (Å²) in [6.45, 7) is 6.90. The highest BCUT2D eigenvalue weighted by atomic mass is 32.2. The van der Waals surface area contributed by atoms with Crippen LogP contribution in [0.15, 0.2) is 64.5 Å². The van der Waals surface area contributed by atoms with Crippen molar-refractivity contribution in [3.63, 3.8) is 0 Å². The summed E-state index contributed by atoms with van der Waals surface area (Å²) in [5, 5.41) is 0.684. The highest BCUT2D eigenvalue weighted by Gasteiger charge is 2.19. The molecule has 0 N–H and O–H groups in total. The van der Waals surface area contributed by atoms with Gasteiger partial charge in [0.15, 0.2) is 10.9 Å². The molecule has 0 fully saturated rings. The number of fused-ring (bicyclic) bond motifs is 1. The number of nitrogens with zero attached hydrogens (tertiary/aromatic N) is 3. The number of Topliss-reactive ketones (excluding diaryl/α,β-unsaturated/α-hetero) is 1. The molecule has 0 saturated carbocycles. The van der Waals surface area contributed by atoms with Gasteiger partial charge in [-0.2, -0.15) is 0 Å². The summed E-state index contributed by atoms with van der Waals surface area (Å²) in [6.07, 6.45) is 0.981. The smallest absolute Gasteiger partial charge is 0.266 e. The van der Waals surface area contributed by atoms with E-state index >= 15 is 0 Å². The maximum atomic E-state index is 14.6. The molecule has 2 heterocycles. The first kappa shape index (κ1) is 22.0. The molecule has 2 aromatic carbocycles. The van der Waals surface area contributed by atoms with Crippen molar-refractivity contribution < 1.29 is 9.18 Å². The predicted octanol–water partition coefficient (Wildman–Crippen LogP) is 5.33. The van der Waals surface area contributed by atoms with Crippen LogP contribution in [0.4, 0.5) is 4.39 Å². The Kier molecular flexibility index (Phi) is 6.28. The summed E-state index contributed by atoms with van der Waals surface area (Å²) in [6, 6.07) is 15.0. The van der Waals surface area contributed by atoms with Gasteiger partial charge in [-0.3, -0.25) is 14.2 Å². The van der Waals surface area contributed by atoms with Crippen LogP contribution in [-0.4, -0.2) is 25.7 Å². The zero-order valence-electron chi connectivity index (χ0n) is 18.3. The minimum Gasteiger partial charge on any atom is -0.348 e. The van der Waals surface area contributed by atoms with Gasteiger partial charge < -0.3 is 4.57 Å². The van der Waals surface area contributed by atoms with Crippen molar-refractivity contribution in [1.29, 1.82) is 0 Å². The van der Waals surface area contributed by atoms with Crippen molar-refractivity contribution in [2.75, 3.05) is 5.75 Å². The SMILES string of the molecule is CCCn1c(C)cc(C(=O)CSc2nc3ccccc3c(=O)n2-c2ccccc2F)c1C. The molecule has 5 nitrogen and oxygen atoms in total. The van der Waals surface area contributed by atoms with E-state index in [-0.39, 0.29) is 27.9 Å². The molecule has 0 bridgehead atoms. The van der Waals surface area contributed by atoms with Gasteiger partial charge in [-0.15, -0.1) is 0 Å². The number of hydrogen-bond acceptors (Lipinski definition) is 4. The molecule has 0 atom stereocenters. The lowest BCUT2D eigenvalue weighted by atomic mass is 10.2. The summed E-state index contributed by atoms with van der Waals surface area (Å²) in [5.74, 6) is -0.480. The third-order valence-corrected chi connectivity index (χ3v) is 6.43. The number of para-hydroxylation sites is 2. The van der Waals surface area contributed by atoms with Crippen LogP contribution in [0.25, 0.3) is 16.6 Å². The fraction of sp³-hybridized carbons (Fsp3) is 0.240. The average molecular weight is 450 g/mol. The van der Waals surface area contributed by atoms with Gasteiger partial charge in [-0.1, -0.05) is 43.0 Å². The number of carbonyl (C=O) groups excluding carboxylic acids is 1. The van der Waals surface area contributed by atoms with Gasteiger partial charge in [-0.05, 0) is 50.6 Å². The van der Waals surface area contributed by atoms with Crippen LogP contribution in [0.2, 0.25) is 0 Å². The lowest BCUT2D eigenvalue weighted by molar-refractivity contribution is 0.102. The molecule has 0 aliphatic rings. The number of thioether (sulfide) groups is 1. The zero-order valence-corrected chi connectivity index (χ0v) is 19.1. The number of ketones is 1. The van der Waals surface area contributed by atoms with E-state index in [9.17, 15) is 14.0 Å². The first-order valence-electron chi connectivity index (χ1n) is 10.5. The second-order valence-electron chi connectivity index (χ2n) is 7.65. The second kappa shape index (κ2) is 9.12. The molecule has 2 aromatic heterocycles. The number of benzene rings is 2. The van der Waals surface area contributed by atoms with E-state index in [0.717, 1.165) is 36.1 Å². The van der Waals surface area contributed by atoms with E-state index in [1.54, 1.807) is 36.4 Å². The Morgan fingerprint density at radius 1 is 1.09 bits per heavy atom. The van der Waals surface area contributed by atoms with Crippen LogP contribution in [0.3, 0.4) is 0 Å². The molecule has 0 saturated heterocycles. The van der Waals surface area contributed by atoms with Gasteiger partial charge in [0, 0.05) is 23.5 Å². The van der Waals surface area contributed by atoms with Gasteiger partial charge >= 0.3 is 0 Å². The summed E-state index contributed by atoms with van der Waals surface area (Å²) < 4.78 is 18.0. The predicted molar refractivity (Wildman–Crippen MR) is 127 cm³/mol. The van der Waals surface area contributed by atoms with Crippen molar-refractivity contribution in [3.8, 4) is 5.69 Å². The molecule has 0 amide bonds. The van der Waals surface area contributed by atoms with E-state index < -0.39 is 5.82 Å². The van der Waals surface area contributed by atoms with Crippen LogP contribution in [0, 0.1) is 19.7 Å². The zero-order chi connectivity index (χ0) is 22.8. The maximum Gasteiger partial charge on any atom is 0.266 e. The van der Waals surface area contributed by atoms with E-state index in [2.05, 4.69) is 16.5 Å². The summed E-state index contributed by atoms with van der Waals surface area (Å²) >= 11 is 1.15. The molecule has 32 heavy (non-hydrogen) atoms. The van der Waals surface area contributed by atoms with E-state index in [4.69, 9.17) is 0 Å². The first-order chi connectivity index (χ1) is 15.4. The van der Waals surface area contributed by atoms with Gasteiger partial charge in [-0.25, -0.2) is 9.37 Å². The van der Waals surface area contributed by atoms with Crippen LogP contribution in [-0.2, 0) is 6.54 Å². The average Bonchev–Trinajstić information content (AvgIpc) is 3.07. The minimum atomic E-state index is -0.525. The van der Waals surface area contributed by atoms with E-state index in [1.807, 2.05) is 19.9 Å². The summed E-state index contributed by atoms with van der Waals surface area (Å²) in [4.78, 5) is 30.9. The van der Waals surface area contributed by atoms with Crippen LogP contribution in [0.1, 0.15) is 35.1 Å². The third kappa shape index (κ3) is 4.00. The number of rotatable bonds is 7. The fourth-order valence-corrected chi connectivity index (χ4v) is 4.80. The van der Waals surface area contributed by atoms with Crippen molar-refractivity contribution in [2.24, 2.45) is 0 Å². The van der Waals surface area contributed by atoms with Gasteiger partial charge in [0.25, 0.3) is 5.56 Å². The molecule has 164 valence electrons. The van der Waals surface area contributed by atoms with Gasteiger partial charge in [0.2, 0.25) is 0 Å². The van der Waals surface area contributed by atoms with Crippen LogP contribution in [0.5, 0.6) is 0 Å². The molecule has 0 aliphatic heterocycles. The topological polar surface area (TPSA) is 56.9 Å². The van der Waals surface area contributed by atoms with Crippen molar-refractivity contribution in [2.45, 2.75) is 38.9 Å². The van der Waals surface area contributed by atoms with Gasteiger partial charge in [0.05, 0.1) is 22.3 Å². The molecular formula is C25H24FN3O2S. The number of halogens is 1. The van der Waals surface area contributed by atoms with E-state index in [0.29, 0.717) is 16.5 Å². The lowest BCUT2D eigenvalue weighted by Crippen LogP contribution is -2.23. The molecule has 0 radical (unpaired) electrons. The molecule has 0 spiro atoms. The molecule has 4 rings (SSSR count). The largest absolute Gasteiger partial charge is 0.348 e. The normalized spacial score (nSPS) is 11.2. The molecule has 7 heteroatoms. The van der Waals surface area contributed by atoms with Crippen molar-refractivity contribution in [1.82, 2.24) is 14.1 Å². The molecule has 4 aromatic rings. The van der Waals surface area contributed by atoms with Crippen molar-refractivity contribution in [3.05, 3.63) is 87.7 Å². The Bertz CT molecular complexity index is 1370. The molecule has 0 unspecified atom stereocenters. The summed E-state index contributed by atoms with van der Waals surface area (Å²) in [5.41, 5.74) is 2.92. The minimum absolute atomic E-state index is 0.0482. The molecular weight excluding hydrogens is 425 g/mol. The quantitative estimate of drug-likeness (QED) is 0.217. The maximum absolute atomic E-state index is 14.6. The lowest BCUT2D eigenvalue weighted by Gasteiger charge is -2.13. The second-order valence-corrected chi connectivity index (χ2v) is 8.59. The number of aromatic nitrogens is 3. The Labute approximate surface area is 189 Å². The van der Waals surface area contributed by atoms with Crippen LogP contribution < -0.4 is 5.56 Å². The highest BCUT2D eigenvalue weighted by Crippen LogP contribution is 2.25. The number of hydrogen-bond donors (Lipinski definition) is 0.